The lowest BCUT2D eigenvalue weighted by atomic mass is 10.2. The molecule has 1 aromatic heterocycles. The van der Waals surface area contributed by atoms with Crippen LogP contribution < -0.4 is 19.7 Å². The zero-order valence-electron chi connectivity index (χ0n) is 19.5. The van der Waals surface area contributed by atoms with Crippen LogP contribution in [0.1, 0.15) is 33.3 Å². The second-order valence-corrected chi connectivity index (χ2v) is 11.0. The molecule has 0 aliphatic carbocycles. The third-order valence-corrected chi connectivity index (χ3v) is 6.83. The first-order valence-corrected chi connectivity index (χ1v) is 12.3. The number of hydrogen-bond acceptors (Lipinski definition) is 7. The van der Waals surface area contributed by atoms with Crippen LogP contribution in [0.25, 0.3) is 0 Å². The number of benzene rings is 1. The number of aromatic nitrogens is 1. The largest absolute Gasteiger partial charge is 0.484 e. The lowest BCUT2D eigenvalue weighted by Crippen LogP contribution is -2.48. The highest BCUT2D eigenvalue weighted by molar-refractivity contribution is 7.93. The number of rotatable bonds is 5. The van der Waals surface area contributed by atoms with E-state index in [0.29, 0.717) is 11.3 Å². The molecule has 2 N–H and O–H groups in total. The SMILES string of the molecule is CC(=O)NC[C@H]1CN(S(=O)(=O)c2cc(C)cnc2Cl)c2cc(NC(=O)OC(C)(C)C)ccc2O1. The first-order chi connectivity index (χ1) is 15.8. The molecule has 0 radical (unpaired) electrons. The minimum Gasteiger partial charge on any atom is -0.484 e. The quantitative estimate of drug-likeness (QED) is 0.589. The molecular weight excluding hydrogens is 484 g/mol. The maximum absolute atomic E-state index is 13.7. The highest BCUT2D eigenvalue weighted by Gasteiger charge is 2.36. The number of halogens is 1. The van der Waals surface area contributed by atoms with Crippen molar-refractivity contribution in [2.24, 2.45) is 0 Å². The zero-order valence-corrected chi connectivity index (χ0v) is 21.1. The van der Waals surface area contributed by atoms with Crippen molar-refractivity contribution in [3.05, 3.63) is 41.2 Å². The number of carbonyl (C=O) groups is 2. The maximum Gasteiger partial charge on any atom is 0.412 e. The van der Waals surface area contributed by atoms with E-state index in [1.807, 2.05) is 0 Å². The van der Waals surface area contributed by atoms with Crippen LogP contribution in [0.4, 0.5) is 16.2 Å². The van der Waals surface area contributed by atoms with Crippen molar-refractivity contribution >= 4 is 45.0 Å². The molecule has 2 amide bonds. The Morgan fingerprint density at radius 3 is 2.65 bits per heavy atom. The summed E-state index contributed by atoms with van der Waals surface area (Å²) in [4.78, 5) is 27.4. The fraction of sp³-hybridized carbons (Fsp3) is 0.409. The smallest absolute Gasteiger partial charge is 0.412 e. The monoisotopic (exact) mass is 510 g/mol. The maximum atomic E-state index is 13.7. The topological polar surface area (TPSA) is 127 Å². The number of sulfonamides is 1. The Morgan fingerprint density at radius 2 is 2.00 bits per heavy atom. The number of anilines is 2. The van der Waals surface area contributed by atoms with Crippen molar-refractivity contribution < 1.29 is 27.5 Å². The predicted molar refractivity (Wildman–Crippen MR) is 128 cm³/mol. The second kappa shape index (κ2) is 9.67. The lowest BCUT2D eigenvalue weighted by Gasteiger charge is -2.36. The van der Waals surface area contributed by atoms with Gasteiger partial charge in [-0.25, -0.2) is 18.2 Å². The van der Waals surface area contributed by atoms with Gasteiger partial charge < -0.3 is 14.8 Å². The molecule has 3 rings (SSSR count). The Hall–Kier alpha value is -3.05. The van der Waals surface area contributed by atoms with Gasteiger partial charge in [-0.2, -0.15) is 0 Å². The highest BCUT2D eigenvalue weighted by atomic mass is 35.5. The number of nitrogens with one attached hydrogen (secondary N) is 2. The second-order valence-electron chi connectivity index (χ2n) is 8.82. The summed E-state index contributed by atoms with van der Waals surface area (Å²) >= 11 is 6.15. The van der Waals surface area contributed by atoms with E-state index in [2.05, 4.69) is 15.6 Å². The number of fused-ring (bicyclic) bond motifs is 1. The van der Waals surface area contributed by atoms with Gasteiger partial charge in [0.1, 0.15) is 27.5 Å². The van der Waals surface area contributed by atoms with Crippen molar-refractivity contribution in [2.75, 3.05) is 22.7 Å². The van der Waals surface area contributed by atoms with Gasteiger partial charge in [-0.3, -0.25) is 14.4 Å². The Labute approximate surface area is 203 Å². The van der Waals surface area contributed by atoms with Crippen molar-refractivity contribution in [2.45, 2.75) is 51.2 Å². The summed E-state index contributed by atoms with van der Waals surface area (Å²) in [6.45, 7) is 8.26. The molecule has 34 heavy (non-hydrogen) atoms. The van der Waals surface area contributed by atoms with Crippen molar-refractivity contribution in [1.29, 1.82) is 0 Å². The van der Waals surface area contributed by atoms with Crippen LogP contribution in [-0.2, 0) is 19.6 Å². The van der Waals surface area contributed by atoms with Gasteiger partial charge in [0.2, 0.25) is 5.91 Å². The van der Waals surface area contributed by atoms with E-state index >= 15 is 0 Å². The van der Waals surface area contributed by atoms with E-state index in [-0.39, 0.29) is 40.5 Å². The van der Waals surface area contributed by atoms with Gasteiger partial charge in [-0.1, -0.05) is 11.6 Å². The van der Waals surface area contributed by atoms with Crippen LogP contribution in [0.15, 0.2) is 35.4 Å². The molecular formula is C22H27ClN4O6S. The molecule has 2 heterocycles. The van der Waals surface area contributed by atoms with Crippen LogP contribution in [-0.4, -0.2) is 50.2 Å². The molecule has 1 atom stereocenters. The van der Waals surface area contributed by atoms with Crippen LogP contribution in [0.5, 0.6) is 5.75 Å². The zero-order chi connectivity index (χ0) is 25.3. The summed E-state index contributed by atoms with van der Waals surface area (Å²) in [6, 6.07) is 6.02. The molecule has 1 aliphatic rings. The van der Waals surface area contributed by atoms with E-state index in [4.69, 9.17) is 21.1 Å². The standard InChI is InChI=1S/C22H27ClN4O6S/c1-13-8-19(20(23)25-10-13)34(30,31)27-12-16(11-24-14(2)28)32-18-7-6-15(9-17(18)27)26-21(29)33-22(3,4)5/h6-10,16H,11-12H2,1-5H3,(H,24,28)(H,26,29)/t16-/m0/s1. The first-order valence-electron chi connectivity index (χ1n) is 10.5. The van der Waals surface area contributed by atoms with Crippen LogP contribution >= 0.6 is 11.6 Å². The van der Waals surface area contributed by atoms with Crippen LogP contribution in [0.2, 0.25) is 5.15 Å². The minimum atomic E-state index is -4.17. The normalized spacial score (nSPS) is 15.7. The summed E-state index contributed by atoms with van der Waals surface area (Å²) in [6.07, 6.45) is 0.122. The van der Waals surface area contributed by atoms with Gasteiger partial charge in [-0.15, -0.1) is 0 Å². The highest BCUT2D eigenvalue weighted by Crippen LogP contribution is 2.40. The van der Waals surface area contributed by atoms with Crippen molar-refractivity contribution in [1.82, 2.24) is 10.3 Å². The van der Waals surface area contributed by atoms with Crippen molar-refractivity contribution in [3.8, 4) is 5.75 Å². The van der Waals surface area contributed by atoms with Gasteiger partial charge in [-0.05, 0) is 57.5 Å². The van der Waals surface area contributed by atoms with Crippen molar-refractivity contribution in [3.63, 3.8) is 0 Å². The molecule has 2 aromatic rings. The third kappa shape index (κ3) is 6.09. The average molecular weight is 511 g/mol. The summed E-state index contributed by atoms with van der Waals surface area (Å²) in [7, 11) is -4.17. The molecule has 184 valence electrons. The third-order valence-electron chi connectivity index (χ3n) is 4.63. The average Bonchev–Trinajstić information content (AvgIpc) is 2.71. The van der Waals surface area contributed by atoms with Gasteiger partial charge in [0.15, 0.2) is 0 Å². The number of amides is 2. The van der Waals surface area contributed by atoms with E-state index in [1.54, 1.807) is 39.8 Å². The molecule has 0 bridgehead atoms. The summed E-state index contributed by atoms with van der Waals surface area (Å²) in [5.41, 5.74) is 0.421. The van der Waals surface area contributed by atoms with Gasteiger partial charge in [0, 0.05) is 18.8 Å². The molecule has 10 nitrogen and oxygen atoms in total. The Morgan fingerprint density at radius 1 is 1.29 bits per heavy atom. The van der Waals surface area contributed by atoms with Crippen LogP contribution in [0, 0.1) is 6.92 Å². The fourth-order valence-electron chi connectivity index (χ4n) is 3.23. The molecule has 1 aliphatic heterocycles. The molecule has 1 aromatic carbocycles. The van der Waals surface area contributed by atoms with E-state index in [9.17, 15) is 18.0 Å². The molecule has 0 fully saturated rings. The fourth-order valence-corrected chi connectivity index (χ4v) is 5.23. The minimum absolute atomic E-state index is 0.0957. The lowest BCUT2D eigenvalue weighted by molar-refractivity contribution is -0.119. The van der Waals surface area contributed by atoms with Gasteiger partial charge >= 0.3 is 6.09 Å². The number of aryl methyl sites for hydroxylation is 1. The number of ether oxygens (including phenoxy) is 2. The Bertz CT molecular complexity index is 1210. The van der Waals surface area contributed by atoms with Crippen LogP contribution in [0.3, 0.4) is 0 Å². The predicted octanol–water partition coefficient (Wildman–Crippen LogP) is 3.48. The summed E-state index contributed by atoms with van der Waals surface area (Å²) in [5, 5.41) is 5.07. The summed E-state index contributed by atoms with van der Waals surface area (Å²) < 4.78 is 39.7. The number of nitrogens with zero attached hydrogens (tertiary/aromatic N) is 2. The van der Waals surface area contributed by atoms with E-state index in [0.717, 1.165) is 4.31 Å². The molecule has 0 saturated carbocycles. The van der Waals surface area contributed by atoms with E-state index < -0.39 is 27.8 Å². The molecule has 12 heteroatoms. The van der Waals surface area contributed by atoms with Gasteiger partial charge in [0.25, 0.3) is 10.0 Å². The van der Waals surface area contributed by atoms with Gasteiger partial charge in [0.05, 0.1) is 18.8 Å². The number of pyridine rings is 1. The molecule has 0 saturated heterocycles. The Kier molecular flexibility index (Phi) is 7.27. The first kappa shape index (κ1) is 25.6. The summed E-state index contributed by atoms with van der Waals surface area (Å²) in [5.74, 6) is -0.0108. The Balaban J connectivity index is 2.02. The van der Waals surface area contributed by atoms with E-state index in [1.165, 1.54) is 25.3 Å². The number of carbonyl (C=O) groups excluding carboxylic acids is 2. The number of hydrogen-bond donors (Lipinski definition) is 2. The molecule has 0 spiro atoms. The molecule has 0 unspecified atom stereocenters.